The van der Waals surface area contributed by atoms with Crippen molar-refractivity contribution in [1.82, 2.24) is 9.55 Å². The van der Waals surface area contributed by atoms with Crippen molar-refractivity contribution in [2.75, 3.05) is 6.61 Å². The molecule has 7 nitrogen and oxygen atoms in total. The summed E-state index contributed by atoms with van der Waals surface area (Å²) in [5.41, 5.74) is -0.685. The summed E-state index contributed by atoms with van der Waals surface area (Å²) in [7, 11) is 0. The highest BCUT2D eigenvalue weighted by Crippen LogP contribution is 2.39. The molecule has 0 unspecified atom stereocenters. The summed E-state index contributed by atoms with van der Waals surface area (Å²) < 4.78 is 5.62. The van der Waals surface area contributed by atoms with Crippen LogP contribution in [0.5, 0.6) is 0 Å². The second-order valence-corrected chi connectivity index (χ2v) is 5.93. The van der Waals surface area contributed by atoms with Gasteiger partial charge in [0.05, 0.1) is 12.7 Å². The van der Waals surface area contributed by atoms with Gasteiger partial charge in [-0.1, -0.05) is 0 Å². The van der Waals surface area contributed by atoms with Gasteiger partial charge in [-0.15, -0.1) is 0 Å². The number of aromatic amines is 1. The molecule has 0 bridgehead atoms. The molecule has 100 valence electrons. The van der Waals surface area contributed by atoms with Crippen molar-refractivity contribution in [3.05, 3.63) is 32.6 Å². The second kappa shape index (κ2) is 4.76. The summed E-state index contributed by atoms with van der Waals surface area (Å²) in [6.45, 7) is 1.24. The summed E-state index contributed by atoms with van der Waals surface area (Å²) in [6, 6.07) is 0. The van der Waals surface area contributed by atoms with Crippen molar-refractivity contribution in [2.45, 2.75) is 29.3 Å². The molecule has 1 aromatic rings. The zero-order chi connectivity index (χ0) is 13.5. The van der Waals surface area contributed by atoms with E-state index in [4.69, 9.17) is 9.84 Å². The Morgan fingerprint density at radius 1 is 1.67 bits per heavy atom. The number of hydrogen-bond acceptors (Lipinski definition) is 5. The topological polar surface area (TPSA) is 105 Å². The van der Waals surface area contributed by atoms with Crippen LogP contribution in [0.3, 0.4) is 0 Å². The highest BCUT2D eigenvalue weighted by Gasteiger charge is 2.46. The van der Waals surface area contributed by atoms with Crippen LogP contribution in [0.25, 0.3) is 0 Å². The molecule has 18 heavy (non-hydrogen) atoms. The van der Waals surface area contributed by atoms with Crippen LogP contribution in [0.2, 0.25) is 0 Å². The molecule has 0 aliphatic carbocycles. The lowest BCUT2D eigenvalue weighted by atomic mass is 10.2. The number of nitrogens with one attached hydrogen (secondary N) is 1. The highest BCUT2D eigenvalue weighted by molar-refractivity contribution is 14.1. The first kappa shape index (κ1) is 13.7. The van der Waals surface area contributed by atoms with Crippen molar-refractivity contribution >= 4 is 22.6 Å². The first-order valence-electron chi connectivity index (χ1n) is 5.36. The molecule has 2 rings (SSSR count). The van der Waals surface area contributed by atoms with E-state index in [1.165, 1.54) is 10.8 Å². The number of aliphatic hydroxyl groups excluding tert-OH is 2. The molecule has 1 aliphatic rings. The molecular formula is C10H13IN2O5. The number of H-pyrrole nitrogens is 1. The Balaban J connectivity index is 2.47. The van der Waals surface area contributed by atoms with E-state index in [0.29, 0.717) is 5.56 Å². The molecule has 1 aliphatic heterocycles. The van der Waals surface area contributed by atoms with E-state index in [2.05, 4.69) is 4.98 Å². The van der Waals surface area contributed by atoms with Gasteiger partial charge in [0.2, 0.25) is 3.73 Å². The fourth-order valence-corrected chi connectivity index (χ4v) is 3.01. The summed E-state index contributed by atoms with van der Waals surface area (Å²) in [6.07, 6.45) is -0.0448. The van der Waals surface area contributed by atoms with Gasteiger partial charge in [0.15, 0.2) is 0 Å². The zero-order valence-electron chi connectivity index (χ0n) is 9.59. The maximum absolute atomic E-state index is 11.8. The quantitative estimate of drug-likeness (QED) is 0.461. The number of halogens is 1. The van der Waals surface area contributed by atoms with Gasteiger partial charge in [-0.2, -0.15) is 0 Å². The van der Waals surface area contributed by atoms with Gasteiger partial charge in [-0.25, -0.2) is 4.79 Å². The molecule has 1 fully saturated rings. The molecule has 0 saturated carbocycles. The molecule has 0 radical (unpaired) electrons. The summed E-state index contributed by atoms with van der Waals surface area (Å²) >= 11 is 1.89. The first-order valence-corrected chi connectivity index (χ1v) is 6.44. The predicted octanol–water partition coefficient (Wildman–Crippen LogP) is -0.968. The first-order chi connectivity index (χ1) is 8.37. The lowest BCUT2D eigenvalue weighted by Gasteiger charge is -2.24. The molecule has 8 heteroatoms. The Labute approximate surface area is 116 Å². The molecule has 0 aromatic carbocycles. The van der Waals surface area contributed by atoms with Gasteiger partial charge >= 0.3 is 5.69 Å². The maximum Gasteiger partial charge on any atom is 0.331 e. The van der Waals surface area contributed by atoms with Crippen molar-refractivity contribution in [3.8, 4) is 0 Å². The van der Waals surface area contributed by atoms with E-state index in [1.807, 2.05) is 22.6 Å². The zero-order valence-corrected chi connectivity index (χ0v) is 11.7. The fourth-order valence-electron chi connectivity index (χ4n) is 1.88. The third-order valence-corrected chi connectivity index (χ3v) is 4.10. The van der Waals surface area contributed by atoms with Crippen LogP contribution < -0.4 is 11.2 Å². The van der Waals surface area contributed by atoms with Crippen LogP contribution in [0.1, 0.15) is 12.0 Å². The number of hydrogen-bond donors (Lipinski definition) is 3. The lowest BCUT2D eigenvalue weighted by Crippen LogP contribution is -2.41. The van der Waals surface area contributed by atoms with Gasteiger partial charge in [0.1, 0.15) is 6.10 Å². The number of alkyl halides is 1. The SMILES string of the molecule is Cc1cn([C@@]2(I)C[C@H](O)[C@@H](CO)O2)c(=O)[nH]c1=O. The smallest absolute Gasteiger partial charge is 0.331 e. The second-order valence-electron chi connectivity index (χ2n) is 4.24. The Hall–Kier alpha value is -0.710. The van der Waals surface area contributed by atoms with E-state index in [9.17, 15) is 14.7 Å². The fraction of sp³-hybridized carbons (Fsp3) is 0.600. The predicted molar refractivity (Wildman–Crippen MR) is 70.6 cm³/mol. The Morgan fingerprint density at radius 2 is 2.33 bits per heavy atom. The summed E-state index contributed by atoms with van der Waals surface area (Å²) in [5, 5.41) is 18.8. The van der Waals surface area contributed by atoms with Crippen molar-refractivity contribution in [1.29, 1.82) is 0 Å². The minimum atomic E-state index is -1.10. The minimum absolute atomic E-state index is 0.157. The number of rotatable bonds is 2. The van der Waals surface area contributed by atoms with Crippen LogP contribution in [0, 0.1) is 6.92 Å². The number of nitrogens with zero attached hydrogens (tertiary/aromatic N) is 1. The average Bonchev–Trinajstić information content (AvgIpc) is 2.59. The molecule has 1 saturated heterocycles. The van der Waals surface area contributed by atoms with Crippen LogP contribution >= 0.6 is 22.6 Å². The van der Waals surface area contributed by atoms with Gasteiger partial charge < -0.3 is 14.9 Å². The lowest BCUT2D eigenvalue weighted by molar-refractivity contribution is -0.0554. The Bertz CT molecular complexity index is 568. The number of aromatic nitrogens is 2. The highest BCUT2D eigenvalue weighted by atomic mass is 127. The van der Waals surface area contributed by atoms with Gasteiger partial charge in [-0.3, -0.25) is 14.3 Å². The monoisotopic (exact) mass is 368 g/mol. The molecular weight excluding hydrogens is 355 g/mol. The largest absolute Gasteiger partial charge is 0.394 e. The number of aryl methyl sites for hydroxylation is 1. The average molecular weight is 368 g/mol. The van der Waals surface area contributed by atoms with Crippen molar-refractivity contribution < 1.29 is 14.9 Å². The molecule has 0 spiro atoms. The van der Waals surface area contributed by atoms with E-state index in [0.717, 1.165) is 0 Å². The maximum atomic E-state index is 11.8. The van der Waals surface area contributed by atoms with E-state index >= 15 is 0 Å². The number of ether oxygens (including phenoxy) is 1. The third kappa shape index (κ3) is 2.25. The normalized spacial score (nSPS) is 31.8. The van der Waals surface area contributed by atoms with Crippen molar-refractivity contribution in [2.24, 2.45) is 0 Å². The van der Waals surface area contributed by atoms with E-state index in [-0.39, 0.29) is 13.0 Å². The number of aliphatic hydroxyl groups is 2. The molecule has 0 amide bonds. The standard InChI is InChI=1S/C10H13IN2O5/c1-5-3-13(9(17)12-8(5)16)10(11)2-6(15)7(4-14)18-10/h3,6-7,14-15H,2,4H2,1H3,(H,12,16,17)/t6-,7+,10-/m0/s1. The van der Waals surface area contributed by atoms with Crippen LogP contribution in [0.4, 0.5) is 0 Å². The van der Waals surface area contributed by atoms with E-state index < -0.39 is 27.2 Å². The molecule has 3 N–H and O–H groups in total. The van der Waals surface area contributed by atoms with E-state index in [1.54, 1.807) is 6.92 Å². The Morgan fingerprint density at radius 3 is 2.89 bits per heavy atom. The van der Waals surface area contributed by atoms with Crippen LogP contribution in [-0.2, 0) is 8.47 Å². The molecule has 2 heterocycles. The van der Waals surface area contributed by atoms with Crippen molar-refractivity contribution in [3.63, 3.8) is 0 Å². The minimum Gasteiger partial charge on any atom is -0.394 e. The van der Waals surface area contributed by atoms with Gasteiger partial charge in [0.25, 0.3) is 5.56 Å². The summed E-state index contributed by atoms with van der Waals surface area (Å²) in [5.74, 6) is 0. The third-order valence-electron chi connectivity index (χ3n) is 2.88. The van der Waals surface area contributed by atoms with Crippen LogP contribution in [0.15, 0.2) is 15.8 Å². The summed E-state index contributed by atoms with van der Waals surface area (Å²) in [4.78, 5) is 25.2. The van der Waals surface area contributed by atoms with Gasteiger partial charge in [-0.05, 0) is 29.5 Å². The molecule has 1 aromatic heterocycles. The Kier molecular flexibility index (Phi) is 3.63. The van der Waals surface area contributed by atoms with Crippen LogP contribution in [-0.4, -0.2) is 38.6 Å². The van der Waals surface area contributed by atoms with Gasteiger partial charge in [0, 0.05) is 18.2 Å². The molecule has 3 atom stereocenters.